The van der Waals surface area contributed by atoms with Crippen molar-refractivity contribution in [3.05, 3.63) is 52.5 Å². The number of nitrogens with zero attached hydrogens (tertiary/aromatic N) is 3. The van der Waals surface area contributed by atoms with Gasteiger partial charge in [0.2, 0.25) is 0 Å². The molecule has 0 atom stereocenters. The summed E-state index contributed by atoms with van der Waals surface area (Å²) < 4.78 is 0.995. The monoisotopic (exact) mass is 319 g/mol. The molecule has 0 spiro atoms. The van der Waals surface area contributed by atoms with E-state index in [0.29, 0.717) is 10.8 Å². The molecule has 18 heavy (non-hydrogen) atoms. The number of aromatic nitrogens is 3. The summed E-state index contributed by atoms with van der Waals surface area (Å²) in [6.07, 6.45) is 4.95. The highest BCUT2D eigenvalue weighted by atomic mass is 79.9. The number of benzene rings is 1. The highest BCUT2D eigenvalue weighted by Crippen LogP contribution is 2.32. The predicted molar refractivity (Wildman–Crippen MR) is 75.5 cm³/mol. The molecule has 2 heterocycles. The van der Waals surface area contributed by atoms with Crippen LogP contribution in [-0.4, -0.2) is 15.0 Å². The van der Waals surface area contributed by atoms with Gasteiger partial charge in [-0.05, 0) is 18.2 Å². The fourth-order valence-corrected chi connectivity index (χ4v) is 2.49. The minimum Gasteiger partial charge on any atom is -0.256 e. The smallest absolute Gasteiger partial charge is 0.155 e. The number of hydrogen-bond donors (Lipinski definition) is 0. The van der Waals surface area contributed by atoms with Gasteiger partial charge < -0.3 is 0 Å². The van der Waals surface area contributed by atoms with Crippen molar-refractivity contribution in [3.63, 3.8) is 0 Å². The van der Waals surface area contributed by atoms with Crippen LogP contribution in [0.3, 0.4) is 0 Å². The molecule has 0 bridgehead atoms. The molecule has 0 unspecified atom stereocenters. The van der Waals surface area contributed by atoms with Gasteiger partial charge in [-0.3, -0.25) is 9.97 Å². The van der Waals surface area contributed by atoms with Crippen LogP contribution in [0.5, 0.6) is 0 Å². The Morgan fingerprint density at radius 3 is 2.61 bits per heavy atom. The van der Waals surface area contributed by atoms with Crippen LogP contribution in [0.4, 0.5) is 0 Å². The van der Waals surface area contributed by atoms with Crippen molar-refractivity contribution in [1.29, 1.82) is 0 Å². The van der Waals surface area contributed by atoms with Gasteiger partial charge in [0.25, 0.3) is 0 Å². The zero-order chi connectivity index (χ0) is 12.5. The average molecular weight is 321 g/mol. The van der Waals surface area contributed by atoms with Crippen molar-refractivity contribution >= 4 is 38.4 Å². The minimum atomic E-state index is 0.381. The van der Waals surface area contributed by atoms with Crippen LogP contribution in [0.15, 0.2) is 47.3 Å². The minimum absolute atomic E-state index is 0.381. The van der Waals surface area contributed by atoms with E-state index in [0.717, 1.165) is 20.9 Å². The molecule has 2 aromatic heterocycles. The number of halogens is 2. The number of rotatable bonds is 1. The van der Waals surface area contributed by atoms with Crippen molar-refractivity contribution in [1.82, 2.24) is 15.0 Å². The van der Waals surface area contributed by atoms with Crippen LogP contribution in [-0.2, 0) is 0 Å². The van der Waals surface area contributed by atoms with E-state index in [2.05, 4.69) is 30.9 Å². The second-order valence-electron chi connectivity index (χ2n) is 3.69. The molecule has 0 N–H and O–H groups in total. The van der Waals surface area contributed by atoms with Gasteiger partial charge in [-0.2, -0.15) is 0 Å². The first-order chi connectivity index (χ1) is 8.77. The van der Waals surface area contributed by atoms with Crippen LogP contribution in [0.2, 0.25) is 5.15 Å². The maximum absolute atomic E-state index is 6.09. The van der Waals surface area contributed by atoms with Gasteiger partial charge in [0.1, 0.15) is 5.69 Å². The zero-order valence-electron chi connectivity index (χ0n) is 9.14. The van der Waals surface area contributed by atoms with Crippen molar-refractivity contribution in [2.75, 3.05) is 0 Å². The molecular weight excluding hydrogens is 314 g/mol. The third-order valence-corrected chi connectivity index (χ3v) is 3.59. The fraction of sp³-hybridized carbons (Fsp3) is 0. The largest absolute Gasteiger partial charge is 0.256 e. The van der Waals surface area contributed by atoms with E-state index in [9.17, 15) is 0 Å². The normalized spacial score (nSPS) is 10.8. The van der Waals surface area contributed by atoms with Gasteiger partial charge in [-0.1, -0.05) is 33.6 Å². The lowest BCUT2D eigenvalue weighted by molar-refractivity contribution is 1.21. The molecular formula is C13H7BrClN3. The zero-order valence-corrected chi connectivity index (χ0v) is 11.5. The number of pyridine rings is 1. The Kier molecular flexibility index (Phi) is 2.97. The van der Waals surface area contributed by atoms with Crippen molar-refractivity contribution in [2.45, 2.75) is 0 Å². The van der Waals surface area contributed by atoms with Crippen LogP contribution < -0.4 is 0 Å². The Morgan fingerprint density at radius 1 is 0.944 bits per heavy atom. The quantitative estimate of drug-likeness (QED) is 0.677. The molecule has 5 heteroatoms. The number of hydrogen-bond acceptors (Lipinski definition) is 3. The summed E-state index contributed by atoms with van der Waals surface area (Å²) in [5, 5.41) is 1.41. The molecule has 0 aliphatic rings. The third kappa shape index (κ3) is 1.87. The molecule has 0 saturated heterocycles. The first-order valence-corrected chi connectivity index (χ1v) is 6.44. The molecule has 0 radical (unpaired) electrons. The molecule has 1 aromatic carbocycles. The predicted octanol–water partition coefficient (Wildman–Crippen LogP) is 4.11. The molecule has 0 amide bonds. The lowest BCUT2D eigenvalue weighted by Gasteiger charge is -2.07. The molecule has 3 rings (SSSR count). The summed E-state index contributed by atoms with van der Waals surface area (Å²) >= 11 is 9.60. The van der Waals surface area contributed by atoms with E-state index in [-0.39, 0.29) is 0 Å². The van der Waals surface area contributed by atoms with E-state index in [1.165, 1.54) is 0 Å². The van der Waals surface area contributed by atoms with Gasteiger partial charge in [-0.25, -0.2) is 4.98 Å². The van der Waals surface area contributed by atoms with Crippen LogP contribution in [0.1, 0.15) is 0 Å². The lowest BCUT2D eigenvalue weighted by Crippen LogP contribution is -1.90. The Balaban J connectivity index is 2.38. The van der Waals surface area contributed by atoms with Gasteiger partial charge >= 0.3 is 0 Å². The Hall–Kier alpha value is -1.52. The van der Waals surface area contributed by atoms with E-state index in [1.54, 1.807) is 18.6 Å². The van der Waals surface area contributed by atoms with Gasteiger partial charge in [-0.15, -0.1) is 0 Å². The summed E-state index contributed by atoms with van der Waals surface area (Å²) in [6, 6.07) is 7.80. The summed E-state index contributed by atoms with van der Waals surface area (Å²) in [7, 11) is 0. The second-order valence-corrected chi connectivity index (χ2v) is 4.90. The molecule has 0 fully saturated rings. The molecule has 0 saturated carbocycles. The summed E-state index contributed by atoms with van der Waals surface area (Å²) in [4.78, 5) is 12.7. The van der Waals surface area contributed by atoms with E-state index in [4.69, 9.17) is 11.6 Å². The highest BCUT2D eigenvalue weighted by Gasteiger charge is 2.11. The Bertz CT molecular complexity index is 730. The van der Waals surface area contributed by atoms with Gasteiger partial charge in [0.15, 0.2) is 5.15 Å². The van der Waals surface area contributed by atoms with Crippen molar-refractivity contribution < 1.29 is 0 Å². The van der Waals surface area contributed by atoms with E-state index < -0.39 is 0 Å². The standard InChI is InChI=1S/C13H7BrClN3/c14-10-4-3-9(11-8(10)2-1-5-16-11)12-13(15)18-7-6-17-12/h1-7H. The molecule has 88 valence electrons. The highest BCUT2D eigenvalue weighted by molar-refractivity contribution is 9.10. The summed E-state index contributed by atoms with van der Waals surface area (Å²) in [5.41, 5.74) is 2.39. The Labute approximate surface area is 117 Å². The van der Waals surface area contributed by atoms with Crippen LogP contribution in [0, 0.1) is 0 Å². The van der Waals surface area contributed by atoms with Crippen molar-refractivity contribution in [3.8, 4) is 11.3 Å². The lowest BCUT2D eigenvalue weighted by atomic mass is 10.1. The summed E-state index contributed by atoms with van der Waals surface area (Å²) in [5.74, 6) is 0. The van der Waals surface area contributed by atoms with E-state index >= 15 is 0 Å². The summed E-state index contributed by atoms with van der Waals surface area (Å²) in [6.45, 7) is 0. The molecule has 0 aliphatic heterocycles. The van der Waals surface area contributed by atoms with Gasteiger partial charge in [0.05, 0.1) is 5.52 Å². The topological polar surface area (TPSA) is 38.7 Å². The molecule has 3 nitrogen and oxygen atoms in total. The second kappa shape index (κ2) is 4.63. The third-order valence-electron chi connectivity index (χ3n) is 2.63. The average Bonchev–Trinajstić information content (AvgIpc) is 2.41. The van der Waals surface area contributed by atoms with Crippen molar-refractivity contribution in [2.24, 2.45) is 0 Å². The Morgan fingerprint density at radius 2 is 1.78 bits per heavy atom. The first-order valence-electron chi connectivity index (χ1n) is 5.27. The van der Waals surface area contributed by atoms with E-state index in [1.807, 2.05) is 24.3 Å². The van der Waals surface area contributed by atoms with Gasteiger partial charge in [0, 0.05) is 34.0 Å². The SMILES string of the molecule is Clc1nccnc1-c1ccc(Br)c2cccnc12. The number of fused-ring (bicyclic) bond motifs is 1. The maximum Gasteiger partial charge on any atom is 0.155 e. The maximum atomic E-state index is 6.09. The molecule has 0 aliphatic carbocycles. The van der Waals surface area contributed by atoms with Crippen LogP contribution in [0.25, 0.3) is 22.2 Å². The van der Waals surface area contributed by atoms with Crippen LogP contribution >= 0.6 is 27.5 Å². The first kappa shape index (κ1) is 11.6. The molecule has 3 aromatic rings. The fourth-order valence-electron chi connectivity index (χ4n) is 1.83.